The summed E-state index contributed by atoms with van der Waals surface area (Å²) in [5.74, 6) is 1.47. The molecule has 0 bridgehead atoms. The molecule has 1 amide bonds. The van der Waals surface area contributed by atoms with Crippen LogP contribution in [0.3, 0.4) is 0 Å². The molecule has 0 spiro atoms. The Morgan fingerprint density at radius 2 is 1.74 bits per heavy atom. The Morgan fingerprint density at radius 3 is 2.21 bits per heavy atom. The third-order valence-electron chi connectivity index (χ3n) is 3.61. The number of carbonyl (C=O) groups excluding carboxylic acids is 1. The minimum atomic E-state index is 0.0257. The lowest BCUT2D eigenvalue weighted by atomic mass is 10.0. The molecule has 1 heterocycles. The average molecular weight is 286 g/mol. The van der Waals surface area contributed by atoms with E-state index < -0.39 is 0 Å². The van der Waals surface area contributed by atoms with Crippen LogP contribution < -0.4 is 5.32 Å². The van der Waals surface area contributed by atoms with Crippen molar-refractivity contribution in [2.75, 3.05) is 12.8 Å². The van der Waals surface area contributed by atoms with Crippen molar-refractivity contribution in [3.8, 4) is 0 Å². The first-order valence-corrected chi connectivity index (χ1v) is 8.73. The van der Waals surface area contributed by atoms with Crippen molar-refractivity contribution >= 4 is 17.7 Å². The lowest BCUT2D eigenvalue weighted by Gasteiger charge is -2.27. The standard InChI is InChI=1S/C15H30N2OS/c1-10(2)7-13-15(18)17(9-12(5)19-6)14(16-13)8-11(3)4/h10-14,16H,7-9H2,1-6H3. The van der Waals surface area contributed by atoms with Crippen LogP contribution in [0.25, 0.3) is 0 Å². The molecule has 1 aliphatic heterocycles. The molecule has 1 aliphatic rings. The van der Waals surface area contributed by atoms with E-state index in [9.17, 15) is 4.79 Å². The van der Waals surface area contributed by atoms with Gasteiger partial charge in [0.2, 0.25) is 5.91 Å². The molecule has 0 radical (unpaired) electrons. The molecule has 1 fully saturated rings. The van der Waals surface area contributed by atoms with E-state index >= 15 is 0 Å². The number of nitrogens with one attached hydrogen (secondary N) is 1. The van der Waals surface area contributed by atoms with E-state index in [1.165, 1.54) is 0 Å². The van der Waals surface area contributed by atoms with Gasteiger partial charge < -0.3 is 4.90 Å². The number of hydrogen-bond acceptors (Lipinski definition) is 3. The number of carbonyl (C=O) groups is 1. The Bertz CT molecular complexity index is 294. The second kappa shape index (κ2) is 7.53. The number of rotatable bonds is 7. The Hall–Kier alpha value is -0.220. The summed E-state index contributed by atoms with van der Waals surface area (Å²) >= 11 is 1.83. The minimum Gasteiger partial charge on any atom is -0.325 e. The zero-order valence-electron chi connectivity index (χ0n) is 13.3. The summed E-state index contributed by atoms with van der Waals surface area (Å²) in [6.45, 7) is 11.9. The molecule has 0 aromatic heterocycles. The number of hydrogen-bond donors (Lipinski definition) is 1. The molecular weight excluding hydrogens is 256 g/mol. The van der Waals surface area contributed by atoms with Crippen molar-refractivity contribution in [2.24, 2.45) is 11.8 Å². The molecule has 0 saturated carbocycles. The van der Waals surface area contributed by atoms with Gasteiger partial charge in [0.1, 0.15) is 0 Å². The predicted octanol–water partition coefficient (Wildman–Crippen LogP) is 2.96. The van der Waals surface area contributed by atoms with Crippen LogP contribution in [0.4, 0.5) is 0 Å². The fraction of sp³-hybridized carbons (Fsp3) is 0.933. The van der Waals surface area contributed by atoms with Gasteiger partial charge in [0.15, 0.2) is 0 Å². The maximum Gasteiger partial charge on any atom is 0.241 e. The molecule has 112 valence electrons. The van der Waals surface area contributed by atoms with Gasteiger partial charge in [-0.3, -0.25) is 10.1 Å². The number of amides is 1. The van der Waals surface area contributed by atoms with Gasteiger partial charge in [-0.05, 0) is 30.9 Å². The van der Waals surface area contributed by atoms with E-state index in [4.69, 9.17) is 0 Å². The molecule has 1 N–H and O–H groups in total. The van der Waals surface area contributed by atoms with Crippen LogP contribution in [0.1, 0.15) is 47.5 Å². The van der Waals surface area contributed by atoms with Crippen LogP contribution in [0.2, 0.25) is 0 Å². The van der Waals surface area contributed by atoms with E-state index in [0.29, 0.717) is 23.0 Å². The second-order valence-corrected chi connectivity index (χ2v) is 7.81. The van der Waals surface area contributed by atoms with E-state index in [2.05, 4.69) is 51.1 Å². The first-order valence-electron chi connectivity index (χ1n) is 7.44. The highest BCUT2D eigenvalue weighted by Gasteiger charge is 2.39. The molecule has 0 aliphatic carbocycles. The summed E-state index contributed by atoms with van der Waals surface area (Å²) in [6, 6.07) is 0.0257. The number of nitrogens with zero attached hydrogens (tertiary/aromatic N) is 1. The maximum absolute atomic E-state index is 12.5. The highest BCUT2D eigenvalue weighted by molar-refractivity contribution is 7.99. The molecule has 0 aromatic carbocycles. The fourth-order valence-corrected chi connectivity index (χ4v) is 2.91. The largest absolute Gasteiger partial charge is 0.325 e. The summed E-state index contributed by atoms with van der Waals surface area (Å²) in [4.78, 5) is 14.6. The highest BCUT2D eigenvalue weighted by atomic mass is 32.2. The minimum absolute atomic E-state index is 0.0257. The summed E-state index contributed by atoms with van der Waals surface area (Å²) in [6.07, 6.45) is 4.33. The second-order valence-electron chi connectivity index (χ2n) is 6.53. The van der Waals surface area contributed by atoms with Gasteiger partial charge in [0.25, 0.3) is 0 Å². The van der Waals surface area contributed by atoms with Crippen LogP contribution in [0, 0.1) is 11.8 Å². The summed E-state index contributed by atoms with van der Waals surface area (Å²) in [7, 11) is 0. The quantitative estimate of drug-likeness (QED) is 0.781. The topological polar surface area (TPSA) is 32.3 Å². The van der Waals surface area contributed by atoms with E-state index in [0.717, 1.165) is 19.4 Å². The Balaban J connectivity index is 2.73. The monoisotopic (exact) mass is 286 g/mol. The molecule has 19 heavy (non-hydrogen) atoms. The van der Waals surface area contributed by atoms with Crippen LogP contribution in [0.15, 0.2) is 0 Å². The van der Waals surface area contributed by atoms with Crippen LogP contribution in [-0.2, 0) is 4.79 Å². The van der Waals surface area contributed by atoms with Crippen LogP contribution in [0.5, 0.6) is 0 Å². The van der Waals surface area contributed by atoms with Crippen LogP contribution in [-0.4, -0.2) is 41.1 Å². The molecule has 1 rings (SSSR count). The smallest absolute Gasteiger partial charge is 0.241 e. The fourth-order valence-electron chi connectivity index (χ4n) is 2.60. The first kappa shape index (κ1) is 16.8. The lowest BCUT2D eigenvalue weighted by molar-refractivity contribution is -0.130. The Labute approximate surface area is 122 Å². The van der Waals surface area contributed by atoms with E-state index in [-0.39, 0.29) is 12.2 Å². The van der Waals surface area contributed by atoms with Gasteiger partial charge in [-0.15, -0.1) is 0 Å². The third kappa shape index (κ3) is 4.99. The van der Waals surface area contributed by atoms with Gasteiger partial charge in [-0.25, -0.2) is 0 Å². The molecule has 1 saturated heterocycles. The van der Waals surface area contributed by atoms with Gasteiger partial charge in [-0.2, -0.15) is 11.8 Å². The van der Waals surface area contributed by atoms with Gasteiger partial charge in [0, 0.05) is 11.8 Å². The molecule has 4 heteroatoms. The summed E-state index contributed by atoms with van der Waals surface area (Å²) < 4.78 is 0. The highest BCUT2D eigenvalue weighted by Crippen LogP contribution is 2.23. The zero-order valence-corrected chi connectivity index (χ0v) is 14.1. The Morgan fingerprint density at radius 1 is 1.16 bits per heavy atom. The summed E-state index contributed by atoms with van der Waals surface area (Å²) in [5, 5.41) is 4.05. The van der Waals surface area contributed by atoms with Crippen LogP contribution >= 0.6 is 11.8 Å². The van der Waals surface area contributed by atoms with Crippen molar-refractivity contribution in [2.45, 2.75) is 64.9 Å². The molecule has 3 atom stereocenters. The zero-order chi connectivity index (χ0) is 14.6. The molecule has 3 nitrogen and oxygen atoms in total. The SMILES string of the molecule is CSC(C)CN1C(=O)C(CC(C)C)NC1CC(C)C. The molecule has 3 unspecified atom stereocenters. The van der Waals surface area contributed by atoms with Gasteiger partial charge in [-0.1, -0.05) is 34.6 Å². The average Bonchev–Trinajstić information content (AvgIpc) is 2.56. The van der Waals surface area contributed by atoms with Crippen molar-refractivity contribution in [1.29, 1.82) is 0 Å². The predicted molar refractivity (Wildman–Crippen MR) is 84.3 cm³/mol. The van der Waals surface area contributed by atoms with Crippen molar-refractivity contribution in [3.63, 3.8) is 0 Å². The van der Waals surface area contributed by atoms with Gasteiger partial charge >= 0.3 is 0 Å². The molecule has 0 aromatic rings. The maximum atomic E-state index is 12.5. The lowest BCUT2D eigenvalue weighted by Crippen LogP contribution is -2.41. The van der Waals surface area contributed by atoms with Crippen molar-refractivity contribution in [3.05, 3.63) is 0 Å². The van der Waals surface area contributed by atoms with E-state index in [1.54, 1.807) is 0 Å². The van der Waals surface area contributed by atoms with Gasteiger partial charge in [0.05, 0.1) is 12.2 Å². The normalized spacial score (nSPS) is 25.7. The van der Waals surface area contributed by atoms with E-state index in [1.807, 2.05) is 11.8 Å². The third-order valence-corrected chi connectivity index (χ3v) is 4.56. The number of thioether (sulfide) groups is 1. The summed E-state index contributed by atoms with van der Waals surface area (Å²) in [5.41, 5.74) is 0. The first-order chi connectivity index (χ1) is 8.85. The molecular formula is C15H30N2OS. The van der Waals surface area contributed by atoms with Crippen molar-refractivity contribution in [1.82, 2.24) is 10.2 Å². The Kier molecular flexibility index (Phi) is 6.67. The van der Waals surface area contributed by atoms with Crippen molar-refractivity contribution < 1.29 is 4.79 Å².